The van der Waals surface area contributed by atoms with Crippen LogP contribution in [0.5, 0.6) is 11.5 Å². The summed E-state index contributed by atoms with van der Waals surface area (Å²) in [4.78, 5) is 25.3. The number of carbonyl (C=O) groups excluding carboxylic acids is 2. The fraction of sp³-hybridized carbons (Fsp3) is 0.207. The monoisotopic (exact) mass is 609 g/mol. The van der Waals surface area contributed by atoms with E-state index in [9.17, 15) is 14.9 Å². The molecule has 0 saturated carbocycles. The third kappa shape index (κ3) is 6.89. The third-order valence-electron chi connectivity index (χ3n) is 6.01. The number of amides is 2. The third-order valence-corrected chi connectivity index (χ3v) is 6.81. The van der Waals surface area contributed by atoms with Gasteiger partial charge in [0.15, 0.2) is 18.1 Å². The summed E-state index contributed by atoms with van der Waals surface area (Å²) in [6, 6.07) is 16.7. The number of rotatable bonds is 8. The molecule has 37 heavy (non-hydrogen) atoms. The molecule has 3 aromatic rings. The number of nitriles is 1. The van der Waals surface area contributed by atoms with Crippen LogP contribution in [0.15, 0.2) is 54.1 Å². The number of aryl methyl sites for hydroxylation is 2. The van der Waals surface area contributed by atoms with Crippen LogP contribution < -0.4 is 20.1 Å². The van der Waals surface area contributed by atoms with Crippen molar-refractivity contribution in [1.82, 2.24) is 0 Å². The number of nitrogens with zero attached hydrogens (tertiary/aromatic N) is 1. The van der Waals surface area contributed by atoms with Crippen molar-refractivity contribution in [2.75, 3.05) is 24.4 Å². The van der Waals surface area contributed by atoms with Crippen LogP contribution in [0.4, 0.5) is 11.4 Å². The van der Waals surface area contributed by atoms with Gasteiger partial charge in [0, 0.05) is 11.4 Å². The van der Waals surface area contributed by atoms with E-state index >= 15 is 0 Å². The maximum absolute atomic E-state index is 12.8. The van der Waals surface area contributed by atoms with E-state index in [2.05, 4.69) is 33.2 Å². The highest BCUT2D eigenvalue weighted by molar-refractivity contribution is 14.1. The first-order valence-corrected chi connectivity index (χ1v) is 12.6. The van der Waals surface area contributed by atoms with Crippen molar-refractivity contribution >= 4 is 51.9 Å². The Labute approximate surface area is 230 Å². The number of carbonyl (C=O) groups is 2. The molecule has 2 amide bonds. The predicted octanol–water partition coefficient (Wildman–Crippen LogP) is 6.10. The molecule has 190 valence electrons. The first-order chi connectivity index (χ1) is 17.6. The van der Waals surface area contributed by atoms with Crippen LogP contribution in [0.2, 0.25) is 0 Å². The van der Waals surface area contributed by atoms with Crippen molar-refractivity contribution in [2.45, 2.75) is 27.7 Å². The van der Waals surface area contributed by atoms with Crippen LogP contribution in [0, 0.1) is 42.6 Å². The molecular weight excluding hydrogens is 581 g/mol. The summed E-state index contributed by atoms with van der Waals surface area (Å²) in [5, 5.41) is 15.3. The number of nitrogens with one attached hydrogen (secondary N) is 2. The predicted molar refractivity (Wildman–Crippen MR) is 154 cm³/mol. The van der Waals surface area contributed by atoms with Gasteiger partial charge >= 0.3 is 0 Å². The van der Waals surface area contributed by atoms with Crippen LogP contribution >= 0.6 is 22.6 Å². The van der Waals surface area contributed by atoms with E-state index in [1.165, 1.54) is 13.2 Å². The summed E-state index contributed by atoms with van der Waals surface area (Å²) >= 11 is 2.07. The molecule has 8 heteroatoms. The average Bonchev–Trinajstić information content (AvgIpc) is 2.87. The molecule has 0 aliphatic rings. The molecule has 0 heterocycles. The van der Waals surface area contributed by atoms with Crippen molar-refractivity contribution in [2.24, 2.45) is 0 Å². The summed E-state index contributed by atoms with van der Waals surface area (Å²) in [6.07, 6.45) is 1.49. The molecule has 0 fully saturated rings. The minimum absolute atomic E-state index is 0.0553. The van der Waals surface area contributed by atoms with Gasteiger partial charge in [-0.05, 0) is 108 Å². The van der Waals surface area contributed by atoms with E-state index in [4.69, 9.17) is 9.47 Å². The van der Waals surface area contributed by atoms with Gasteiger partial charge in [-0.2, -0.15) is 5.26 Å². The van der Waals surface area contributed by atoms with Crippen LogP contribution in [-0.2, 0) is 9.59 Å². The van der Waals surface area contributed by atoms with Gasteiger partial charge < -0.3 is 20.1 Å². The molecule has 0 spiro atoms. The number of hydrogen-bond acceptors (Lipinski definition) is 5. The molecule has 2 N–H and O–H groups in total. The molecule has 0 atom stereocenters. The summed E-state index contributed by atoms with van der Waals surface area (Å²) < 4.78 is 11.9. The molecule has 7 nitrogen and oxygen atoms in total. The van der Waals surface area contributed by atoms with Crippen LogP contribution in [-0.4, -0.2) is 25.5 Å². The summed E-state index contributed by atoms with van der Waals surface area (Å²) in [7, 11) is 1.49. The van der Waals surface area contributed by atoms with E-state index in [1.807, 2.05) is 64.1 Å². The number of ether oxygens (including phenoxy) is 2. The standard InChI is InChI=1S/C29H28IN3O4/c1-17-8-6-10-24(19(17)3)32-27(34)16-37-28-23(30)13-21(14-26(28)36-5)12-22(15-31)29(35)33-25-11-7-9-18(2)20(25)4/h6-14H,16H2,1-5H3,(H,32,34)(H,33,35)/b22-12-. The van der Waals surface area contributed by atoms with Gasteiger partial charge in [-0.25, -0.2) is 0 Å². The smallest absolute Gasteiger partial charge is 0.266 e. The van der Waals surface area contributed by atoms with Crippen molar-refractivity contribution < 1.29 is 19.1 Å². The van der Waals surface area contributed by atoms with E-state index in [0.717, 1.165) is 27.9 Å². The van der Waals surface area contributed by atoms with Gasteiger partial charge in [0.1, 0.15) is 11.6 Å². The van der Waals surface area contributed by atoms with Crippen molar-refractivity contribution in [3.63, 3.8) is 0 Å². The molecular formula is C29H28IN3O4. The van der Waals surface area contributed by atoms with Crippen LogP contribution in [0.1, 0.15) is 27.8 Å². The van der Waals surface area contributed by atoms with E-state index in [-0.39, 0.29) is 18.1 Å². The molecule has 3 rings (SSSR count). The average molecular weight is 609 g/mol. The Morgan fingerprint density at radius 2 is 1.57 bits per heavy atom. The Hall–Kier alpha value is -3.84. The van der Waals surface area contributed by atoms with E-state index < -0.39 is 5.91 Å². The highest BCUT2D eigenvalue weighted by Crippen LogP contribution is 2.35. The largest absolute Gasteiger partial charge is 0.493 e. The maximum atomic E-state index is 12.8. The number of benzene rings is 3. The first kappa shape index (κ1) is 27.7. The van der Waals surface area contributed by atoms with Crippen molar-refractivity contribution in [1.29, 1.82) is 5.26 Å². The second-order valence-corrected chi connectivity index (χ2v) is 9.65. The lowest BCUT2D eigenvalue weighted by Gasteiger charge is -2.15. The van der Waals surface area contributed by atoms with Gasteiger partial charge in [0.2, 0.25) is 0 Å². The summed E-state index contributed by atoms with van der Waals surface area (Å²) in [5.74, 6) is -0.0290. The van der Waals surface area contributed by atoms with Crippen LogP contribution in [0.25, 0.3) is 6.08 Å². The Kier molecular flexibility index (Phi) is 9.31. The Balaban J connectivity index is 1.77. The molecule has 0 aliphatic carbocycles. The molecule has 0 aliphatic heterocycles. The molecule has 3 aromatic carbocycles. The molecule has 0 unspecified atom stereocenters. The zero-order chi connectivity index (χ0) is 27.1. The fourth-order valence-corrected chi connectivity index (χ4v) is 4.35. The Morgan fingerprint density at radius 3 is 2.14 bits per heavy atom. The number of methoxy groups -OCH3 is 1. The zero-order valence-corrected chi connectivity index (χ0v) is 23.5. The molecule has 0 saturated heterocycles. The quantitative estimate of drug-likeness (QED) is 0.183. The normalized spacial score (nSPS) is 10.9. The maximum Gasteiger partial charge on any atom is 0.266 e. The minimum atomic E-state index is -0.506. The minimum Gasteiger partial charge on any atom is -0.493 e. The number of halogens is 1. The first-order valence-electron chi connectivity index (χ1n) is 11.5. The lowest BCUT2D eigenvalue weighted by Crippen LogP contribution is -2.21. The SMILES string of the molecule is COc1cc(/C=C(/C#N)C(=O)Nc2cccc(C)c2C)cc(I)c1OCC(=O)Nc1cccc(C)c1C. The van der Waals surface area contributed by atoms with Gasteiger partial charge in [-0.3, -0.25) is 9.59 Å². The Morgan fingerprint density at radius 1 is 0.973 bits per heavy atom. The second-order valence-electron chi connectivity index (χ2n) is 8.49. The Bertz CT molecular complexity index is 1420. The highest BCUT2D eigenvalue weighted by Gasteiger charge is 2.16. The highest BCUT2D eigenvalue weighted by atomic mass is 127. The zero-order valence-electron chi connectivity index (χ0n) is 21.4. The van der Waals surface area contributed by atoms with E-state index in [1.54, 1.807) is 18.2 Å². The van der Waals surface area contributed by atoms with Gasteiger partial charge in [-0.1, -0.05) is 24.3 Å². The van der Waals surface area contributed by atoms with Gasteiger partial charge in [0.05, 0.1) is 10.7 Å². The topological polar surface area (TPSA) is 100 Å². The van der Waals surface area contributed by atoms with E-state index in [0.29, 0.717) is 26.3 Å². The van der Waals surface area contributed by atoms with Crippen molar-refractivity contribution in [3.8, 4) is 17.6 Å². The number of hydrogen-bond donors (Lipinski definition) is 2. The van der Waals surface area contributed by atoms with Gasteiger partial charge in [0.25, 0.3) is 11.8 Å². The lowest BCUT2D eigenvalue weighted by molar-refractivity contribution is -0.118. The van der Waals surface area contributed by atoms with Crippen molar-refractivity contribution in [3.05, 3.63) is 85.5 Å². The summed E-state index contributed by atoms with van der Waals surface area (Å²) in [5.41, 5.74) is 5.97. The van der Waals surface area contributed by atoms with Gasteiger partial charge in [-0.15, -0.1) is 0 Å². The van der Waals surface area contributed by atoms with Crippen LogP contribution in [0.3, 0.4) is 0 Å². The molecule has 0 radical (unpaired) electrons. The lowest BCUT2D eigenvalue weighted by atomic mass is 10.1. The molecule has 0 aromatic heterocycles. The second kappa shape index (κ2) is 12.4. The molecule has 0 bridgehead atoms. The summed E-state index contributed by atoms with van der Waals surface area (Å²) in [6.45, 7) is 7.58. The fourth-order valence-electron chi connectivity index (χ4n) is 3.57. The number of anilines is 2.